The summed E-state index contributed by atoms with van der Waals surface area (Å²) in [5, 5.41) is 38.4. The molecule has 2 unspecified atom stereocenters. The number of carbonyl (C=O) groups excluding carboxylic acids is 4. The molecule has 0 saturated carbocycles. The summed E-state index contributed by atoms with van der Waals surface area (Å²) in [5.74, 6) is -6.98. The minimum Gasteiger partial charge on any atom is -0.480 e. The molecule has 0 aliphatic carbocycles. The molecule has 3 rings (SSSR count). The highest BCUT2D eigenvalue weighted by molar-refractivity contribution is 7.09. The minimum atomic E-state index is -1.78. The number of rotatable bonds is 17. The fourth-order valence-corrected chi connectivity index (χ4v) is 5.84. The van der Waals surface area contributed by atoms with E-state index in [1.807, 2.05) is 5.38 Å². The summed E-state index contributed by atoms with van der Waals surface area (Å²) in [6.45, 7) is 3.21. The predicted octanol–water partition coefficient (Wildman–Crippen LogP) is 2.90. The van der Waals surface area contributed by atoms with Gasteiger partial charge in [0.1, 0.15) is 12.1 Å². The molecule has 0 aliphatic heterocycles. The molecule has 6 N–H and O–H groups in total. The molecule has 1 aromatic heterocycles. The first-order chi connectivity index (χ1) is 23.3. The van der Waals surface area contributed by atoms with Gasteiger partial charge in [0.15, 0.2) is 0 Å². The first-order valence-corrected chi connectivity index (χ1v) is 16.3. The van der Waals surface area contributed by atoms with E-state index in [-0.39, 0.29) is 42.7 Å². The zero-order valence-electron chi connectivity index (χ0n) is 26.9. The maximum absolute atomic E-state index is 13.1. The van der Waals surface area contributed by atoms with Crippen molar-refractivity contribution in [3.63, 3.8) is 0 Å². The number of hydrogen-bond donors (Lipinski definition) is 6. The number of carboxylic acids is 3. The number of benzene rings is 2. The van der Waals surface area contributed by atoms with E-state index in [1.54, 1.807) is 31.2 Å². The van der Waals surface area contributed by atoms with Gasteiger partial charge in [0.05, 0.1) is 16.9 Å². The summed E-state index contributed by atoms with van der Waals surface area (Å²) in [6.07, 6.45) is 1.38. The van der Waals surface area contributed by atoms with Crippen LogP contribution < -0.4 is 20.9 Å². The normalized spacial score (nSPS) is 11.9. The molecule has 0 radical (unpaired) electrons. The second kappa shape index (κ2) is 18.1. The van der Waals surface area contributed by atoms with Crippen LogP contribution in [0.4, 0.5) is 11.4 Å². The van der Waals surface area contributed by atoms with E-state index >= 15 is 0 Å². The lowest BCUT2D eigenvalue weighted by Crippen LogP contribution is -2.47. The lowest BCUT2D eigenvalue weighted by molar-refractivity contribution is -0.148. The second-order valence-electron chi connectivity index (χ2n) is 11.0. The molecule has 0 bridgehead atoms. The Balaban J connectivity index is 1.66. The molecule has 0 spiro atoms. The monoisotopic (exact) mass is 694 g/mol. The van der Waals surface area contributed by atoms with E-state index in [1.165, 1.54) is 48.6 Å². The van der Waals surface area contributed by atoms with Gasteiger partial charge in [-0.15, -0.1) is 11.3 Å². The van der Waals surface area contributed by atoms with Crippen molar-refractivity contribution in [3.8, 4) is 0 Å². The molecule has 49 heavy (non-hydrogen) atoms. The van der Waals surface area contributed by atoms with Gasteiger partial charge < -0.3 is 31.3 Å². The van der Waals surface area contributed by atoms with Crippen LogP contribution in [0.1, 0.15) is 59.5 Å². The number of para-hydroxylation sites is 1. The van der Waals surface area contributed by atoms with Gasteiger partial charge in [-0.2, -0.15) is 0 Å². The van der Waals surface area contributed by atoms with Crippen molar-refractivity contribution in [3.05, 3.63) is 81.5 Å². The SMILES string of the molecule is CCc1cc(CC(NC(C)=O)C(=O)NCCCCC(=O)NC(Cc2cccs2)C(=O)O)ccc1N(C(=O)C(=O)O)c1ccccc1C(=O)O. The van der Waals surface area contributed by atoms with E-state index in [4.69, 9.17) is 0 Å². The number of amides is 4. The van der Waals surface area contributed by atoms with Crippen LogP contribution in [0.5, 0.6) is 0 Å². The van der Waals surface area contributed by atoms with Gasteiger partial charge in [-0.3, -0.25) is 24.1 Å². The molecule has 1 heterocycles. The third-order valence-corrected chi connectivity index (χ3v) is 8.31. The third kappa shape index (κ3) is 11.0. The van der Waals surface area contributed by atoms with Gasteiger partial charge in [0, 0.05) is 37.6 Å². The maximum atomic E-state index is 13.1. The molecule has 3 aromatic rings. The molecule has 0 fully saturated rings. The second-order valence-corrected chi connectivity index (χ2v) is 12.1. The van der Waals surface area contributed by atoms with E-state index in [0.29, 0.717) is 30.4 Å². The molecule has 14 nitrogen and oxygen atoms in total. The van der Waals surface area contributed by atoms with Crippen LogP contribution in [-0.4, -0.2) is 75.5 Å². The van der Waals surface area contributed by atoms with Crippen LogP contribution in [0.2, 0.25) is 0 Å². The average molecular weight is 695 g/mol. The Kier molecular flexibility index (Phi) is 14.0. The van der Waals surface area contributed by atoms with E-state index < -0.39 is 53.6 Å². The fourth-order valence-electron chi connectivity index (χ4n) is 5.09. The number of nitrogens with zero attached hydrogens (tertiary/aromatic N) is 1. The highest BCUT2D eigenvalue weighted by Crippen LogP contribution is 2.33. The Morgan fingerprint density at radius 3 is 2.18 bits per heavy atom. The number of anilines is 2. The van der Waals surface area contributed by atoms with Crippen LogP contribution in [0.3, 0.4) is 0 Å². The van der Waals surface area contributed by atoms with Crippen molar-refractivity contribution in [2.45, 2.75) is 64.5 Å². The van der Waals surface area contributed by atoms with Crippen LogP contribution in [0.15, 0.2) is 60.0 Å². The summed E-state index contributed by atoms with van der Waals surface area (Å²) in [6, 6.07) is 11.8. The van der Waals surface area contributed by atoms with E-state index in [0.717, 1.165) is 9.78 Å². The van der Waals surface area contributed by atoms with E-state index in [9.17, 15) is 48.9 Å². The average Bonchev–Trinajstić information content (AvgIpc) is 3.57. The topological polar surface area (TPSA) is 220 Å². The predicted molar refractivity (Wildman–Crippen MR) is 180 cm³/mol. The number of aromatic carboxylic acids is 1. The number of carbonyl (C=O) groups is 7. The highest BCUT2D eigenvalue weighted by Gasteiger charge is 2.30. The molecule has 4 amide bonds. The Bertz CT molecular complexity index is 1690. The van der Waals surface area contributed by atoms with Gasteiger partial charge in [-0.05, 0) is 60.0 Å². The summed E-state index contributed by atoms with van der Waals surface area (Å²) in [7, 11) is 0. The number of unbranched alkanes of at least 4 members (excludes halogenated alkanes) is 1. The van der Waals surface area contributed by atoms with Crippen molar-refractivity contribution in [2.24, 2.45) is 0 Å². The van der Waals surface area contributed by atoms with Gasteiger partial charge in [0.25, 0.3) is 0 Å². The number of aryl methyl sites for hydroxylation is 1. The minimum absolute atomic E-state index is 0.0422. The quantitative estimate of drug-likeness (QED) is 0.0896. The maximum Gasteiger partial charge on any atom is 0.395 e. The molecule has 2 aromatic carbocycles. The Hall–Kier alpha value is -5.57. The van der Waals surface area contributed by atoms with Gasteiger partial charge in [-0.1, -0.05) is 37.3 Å². The van der Waals surface area contributed by atoms with Crippen LogP contribution in [-0.2, 0) is 48.0 Å². The molecule has 260 valence electrons. The molecule has 0 saturated heterocycles. The summed E-state index contributed by atoms with van der Waals surface area (Å²) in [4.78, 5) is 87.2. The number of hydrogen-bond acceptors (Lipinski definition) is 8. The molecule has 15 heteroatoms. The first-order valence-electron chi connectivity index (χ1n) is 15.4. The van der Waals surface area contributed by atoms with Gasteiger partial charge in [0.2, 0.25) is 17.7 Å². The largest absolute Gasteiger partial charge is 0.480 e. The Morgan fingerprint density at radius 1 is 0.837 bits per heavy atom. The highest BCUT2D eigenvalue weighted by atomic mass is 32.1. The molecular weight excluding hydrogens is 656 g/mol. The van der Waals surface area contributed by atoms with Crippen molar-refractivity contribution >= 4 is 64.2 Å². The first kappa shape index (κ1) is 37.9. The van der Waals surface area contributed by atoms with Crippen LogP contribution >= 0.6 is 11.3 Å². The lowest BCUT2D eigenvalue weighted by atomic mass is 9.99. The standard InChI is InChI=1S/C34H38N4O10S/c1-3-22-17-21(13-14-27(22)38(31(42)34(47)48)28-11-5-4-10-24(28)32(43)44)18-25(36-20(2)39)30(41)35-15-7-6-12-29(40)37-26(33(45)46)19-23-9-8-16-49-23/h4-5,8-11,13-14,16-17,25-26H,3,6-7,12,15,18-19H2,1-2H3,(H,35,41)(H,36,39)(H,37,40)(H,43,44)(H,45,46)(H,47,48). The number of carboxylic acid groups (broad SMARTS) is 3. The Morgan fingerprint density at radius 2 is 1.57 bits per heavy atom. The number of thiophene rings is 1. The number of nitrogens with one attached hydrogen (secondary N) is 3. The molecule has 0 aliphatic rings. The van der Waals surface area contributed by atoms with Crippen molar-refractivity contribution in [2.75, 3.05) is 11.4 Å². The smallest absolute Gasteiger partial charge is 0.395 e. The summed E-state index contributed by atoms with van der Waals surface area (Å²) >= 11 is 1.40. The molecular formula is C34H38N4O10S. The van der Waals surface area contributed by atoms with Gasteiger partial charge in [-0.25, -0.2) is 14.4 Å². The van der Waals surface area contributed by atoms with Gasteiger partial charge >= 0.3 is 23.8 Å². The summed E-state index contributed by atoms with van der Waals surface area (Å²) < 4.78 is 0. The van der Waals surface area contributed by atoms with Crippen LogP contribution in [0, 0.1) is 0 Å². The van der Waals surface area contributed by atoms with Crippen molar-refractivity contribution < 1.29 is 48.9 Å². The fraction of sp³-hybridized carbons (Fsp3) is 0.324. The summed E-state index contributed by atoms with van der Waals surface area (Å²) in [5.41, 5.74) is 0.824. The number of aliphatic carboxylic acids is 2. The van der Waals surface area contributed by atoms with E-state index in [2.05, 4.69) is 16.0 Å². The lowest BCUT2D eigenvalue weighted by Gasteiger charge is -2.26. The third-order valence-electron chi connectivity index (χ3n) is 7.41. The zero-order chi connectivity index (χ0) is 36.1. The van der Waals surface area contributed by atoms with Crippen molar-refractivity contribution in [1.29, 1.82) is 0 Å². The molecule has 2 atom stereocenters. The van der Waals surface area contributed by atoms with Crippen molar-refractivity contribution in [1.82, 2.24) is 16.0 Å². The Labute approximate surface area is 286 Å². The zero-order valence-corrected chi connectivity index (χ0v) is 27.7. The van der Waals surface area contributed by atoms with Crippen LogP contribution in [0.25, 0.3) is 0 Å².